The third-order valence-electron chi connectivity index (χ3n) is 3.13. The highest BCUT2D eigenvalue weighted by Crippen LogP contribution is 2.26. The number of hydrogen-bond acceptors (Lipinski definition) is 4. The normalized spacial score (nSPS) is 10.3. The first-order valence-corrected chi connectivity index (χ1v) is 8.18. The number of para-hydroxylation sites is 1. The Labute approximate surface area is 143 Å². The fourth-order valence-corrected chi connectivity index (χ4v) is 3.03. The summed E-state index contributed by atoms with van der Waals surface area (Å²) in [4.78, 5) is 17.4. The van der Waals surface area contributed by atoms with Crippen molar-refractivity contribution >= 4 is 45.4 Å². The highest BCUT2D eigenvalue weighted by molar-refractivity contribution is 7.17. The molecule has 0 aliphatic rings. The van der Waals surface area contributed by atoms with Gasteiger partial charge in [-0.1, -0.05) is 41.1 Å². The van der Waals surface area contributed by atoms with E-state index in [4.69, 9.17) is 11.6 Å². The Balaban J connectivity index is 1.75. The molecule has 23 heavy (non-hydrogen) atoms. The van der Waals surface area contributed by atoms with E-state index < -0.39 is 0 Å². The van der Waals surface area contributed by atoms with Crippen molar-refractivity contribution < 1.29 is 4.79 Å². The zero-order chi connectivity index (χ0) is 16.2. The maximum atomic E-state index is 12.4. The molecule has 0 bridgehead atoms. The van der Waals surface area contributed by atoms with Crippen molar-refractivity contribution in [2.75, 3.05) is 10.6 Å². The van der Waals surface area contributed by atoms with E-state index in [0.717, 1.165) is 5.69 Å². The molecular formula is C17H14ClN3OS. The van der Waals surface area contributed by atoms with E-state index in [0.29, 0.717) is 26.4 Å². The summed E-state index contributed by atoms with van der Waals surface area (Å²) >= 11 is 7.17. The van der Waals surface area contributed by atoms with Gasteiger partial charge < -0.3 is 10.6 Å². The maximum Gasteiger partial charge on any atom is 0.267 e. The third kappa shape index (κ3) is 3.88. The van der Waals surface area contributed by atoms with Crippen molar-refractivity contribution in [1.82, 2.24) is 4.98 Å². The standard InChI is InChI=1S/C17H14ClN3OS/c1-11-15(16(22)20-14-9-7-12(18)8-10-14)23-17(19-11)21-13-5-3-2-4-6-13/h2-10H,1H3,(H,19,21)(H,20,22). The monoisotopic (exact) mass is 343 g/mol. The van der Waals surface area contributed by atoms with E-state index >= 15 is 0 Å². The lowest BCUT2D eigenvalue weighted by molar-refractivity contribution is 0.103. The van der Waals surface area contributed by atoms with Gasteiger partial charge in [0.25, 0.3) is 5.91 Å². The zero-order valence-electron chi connectivity index (χ0n) is 12.3. The van der Waals surface area contributed by atoms with Crippen LogP contribution in [0.3, 0.4) is 0 Å². The van der Waals surface area contributed by atoms with Crippen LogP contribution in [0.1, 0.15) is 15.4 Å². The molecule has 2 N–H and O–H groups in total. The van der Waals surface area contributed by atoms with Crippen LogP contribution in [0.5, 0.6) is 0 Å². The molecule has 116 valence electrons. The molecule has 0 aliphatic carbocycles. The Bertz CT molecular complexity index is 816. The first kappa shape index (κ1) is 15.5. The van der Waals surface area contributed by atoms with Crippen LogP contribution in [0.4, 0.5) is 16.5 Å². The summed E-state index contributed by atoms with van der Waals surface area (Å²) in [5.74, 6) is -0.177. The minimum atomic E-state index is -0.177. The van der Waals surface area contributed by atoms with Gasteiger partial charge in [-0.15, -0.1) is 0 Å². The maximum absolute atomic E-state index is 12.4. The first-order valence-electron chi connectivity index (χ1n) is 6.98. The summed E-state index contributed by atoms with van der Waals surface area (Å²) in [6, 6.07) is 16.7. The van der Waals surface area contributed by atoms with E-state index in [9.17, 15) is 4.79 Å². The summed E-state index contributed by atoms with van der Waals surface area (Å²) in [5, 5.41) is 7.37. The lowest BCUT2D eigenvalue weighted by Crippen LogP contribution is -2.11. The predicted molar refractivity (Wildman–Crippen MR) is 96.0 cm³/mol. The molecule has 0 unspecified atom stereocenters. The number of carbonyl (C=O) groups is 1. The van der Waals surface area contributed by atoms with Crippen LogP contribution >= 0.6 is 22.9 Å². The molecule has 3 rings (SSSR count). The van der Waals surface area contributed by atoms with E-state index in [2.05, 4.69) is 15.6 Å². The number of aromatic nitrogens is 1. The number of thiazole rings is 1. The summed E-state index contributed by atoms with van der Waals surface area (Å²) in [6.45, 7) is 1.82. The molecule has 0 saturated heterocycles. The van der Waals surface area contributed by atoms with Crippen LogP contribution < -0.4 is 10.6 Å². The summed E-state index contributed by atoms with van der Waals surface area (Å²) in [6.07, 6.45) is 0. The highest BCUT2D eigenvalue weighted by Gasteiger charge is 2.15. The number of nitrogens with zero attached hydrogens (tertiary/aromatic N) is 1. The van der Waals surface area contributed by atoms with Gasteiger partial charge in [0.2, 0.25) is 0 Å². The Kier molecular flexibility index (Phi) is 4.60. The fraction of sp³-hybridized carbons (Fsp3) is 0.0588. The molecule has 1 amide bonds. The second-order valence-corrected chi connectivity index (χ2v) is 6.32. The number of rotatable bonds is 4. The van der Waals surface area contributed by atoms with Crippen molar-refractivity contribution in [3.63, 3.8) is 0 Å². The van der Waals surface area contributed by atoms with Gasteiger partial charge in [-0.2, -0.15) is 0 Å². The number of hydrogen-bond donors (Lipinski definition) is 2. The number of nitrogens with one attached hydrogen (secondary N) is 2. The number of benzene rings is 2. The van der Waals surface area contributed by atoms with Crippen molar-refractivity contribution in [1.29, 1.82) is 0 Å². The average molecular weight is 344 g/mol. The number of amides is 1. The highest BCUT2D eigenvalue weighted by atomic mass is 35.5. The molecule has 0 radical (unpaired) electrons. The molecule has 4 nitrogen and oxygen atoms in total. The lowest BCUT2D eigenvalue weighted by atomic mass is 10.3. The fourth-order valence-electron chi connectivity index (χ4n) is 2.03. The van der Waals surface area contributed by atoms with Gasteiger partial charge in [-0.3, -0.25) is 4.79 Å². The summed E-state index contributed by atoms with van der Waals surface area (Å²) in [7, 11) is 0. The van der Waals surface area contributed by atoms with Gasteiger partial charge in [0, 0.05) is 16.4 Å². The first-order chi connectivity index (χ1) is 11.1. The van der Waals surface area contributed by atoms with E-state index in [1.165, 1.54) is 11.3 Å². The topological polar surface area (TPSA) is 54.0 Å². The van der Waals surface area contributed by atoms with Crippen LogP contribution in [-0.2, 0) is 0 Å². The Morgan fingerprint density at radius 2 is 1.74 bits per heavy atom. The van der Waals surface area contributed by atoms with Gasteiger partial charge in [0.05, 0.1) is 5.69 Å². The van der Waals surface area contributed by atoms with Gasteiger partial charge in [-0.05, 0) is 43.3 Å². The largest absolute Gasteiger partial charge is 0.332 e. The van der Waals surface area contributed by atoms with Crippen LogP contribution in [0, 0.1) is 6.92 Å². The Morgan fingerprint density at radius 1 is 1.04 bits per heavy atom. The zero-order valence-corrected chi connectivity index (χ0v) is 13.9. The second-order valence-electron chi connectivity index (χ2n) is 4.89. The SMILES string of the molecule is Cc1nc(Nc2ccccc2)sc1C(=O)Nc1ccc(Cl)cc1. The minimum Gasteiger partial charge on any atom is -0.332 e. The lowest BCUT2D eigenvalue weighted by Gasteiger charge is -2.03. The molecule has 2 aromatic carbocycles. The van der Waals surface area contributed by atoms with Crippen molar-refractivity contribution in [2.24, 2.45) is 0 Å². The molecular weight excluding hydrogens is 330 g/mol. The molecule has 0 fully saturated rings. The second kappa shape index (κ2) is 6.81. The van der Waals surface area contributed by atoms with Crippen molar-refractivity contribution in [2.45, 2.75) is 6.92 Å². The predicted octanol–water partition coefficient (Wildman–Crippen LogP) is 5.10. The van der Waals surface area contributed by atoms with E-state index in [-0.39, 0.29) is 5.91 Å². The number of anilines is 3. The molecule has 3 aromatic rings. The van der Waals surface area contributed by atoms with Crippen LogP contribution in [0.15, 0.2) is 54.6 Å². The number of halogens is 1. The van der Waals surface area contributed by atoms with Gasteiger partial charge in [-0.25, -0.2) is 4.98 Å². The third-order valence-corrected chi connectivity index (χ3v) is 4.45. The van der Waals surface area contributed by atoms with Gasteiger partial charge >= 0.3 is 0 Å². The molecule has 6 heteroatoms. The van der Waals surface area contributed by atoms with E-state index in [1.807, 2.05) is 37.3 Å². The molecule has 0 saturated carbocycles. The molecule has 0 spiro atoms. The van der Waals surface area contributed by atoms with Crippen molar-refractivity contribution in [3.8, 4) is 0 Å². The molecule has 0 aliphatic heterocycles. The summed E-state index contributed by atoms with van der Waals surface area (Å²) in [5.41, 5.74) is 2.33. The summed E-state index contributed by atoms with van der Waals surface area (Å²) < 4.78 is 0. The van der Waals surface area contributed by atoms with Crippen LogP contribution in [0.25, 0.3) is 0 Å². The number of carbonyl (C=O) groups excluding carboxylic acids is 1. The Hall–Kier alpha value is -2.37. The average Bonchev–Trinajstić information content (AvgIpc) is 2.91. The van der Waals surface area contributed by atoms with Crippen LogP contribution in [-0.4, -0.2) is 10.9 Å². The smallest absolute Gasteiger partial charge is 0.267 e. The Morgan fingerprint density at radius 3 is 2.43 bits per heavy atom. The van der Waals surface area contributed by atoms with Gasteiger partial charge in [0.15, 0.2) is 5.13 Å². The molecule has 0 atom stereocenters. The van der Waals surface area contributed by atoms with E-state index in [1.54, 1.807) is 24.3 Å². The van der Waals surface area contributed by atoms with Crippen LogP contribution in [0.2, 0.25) is 5.02 Å². The minimum absolute atomic E-state index is 0.177. The van der Waals surface area contributed by atoms with Gasteiger partial charge in [0.1, 0.15) is 4.88 Å². The quantitative estimate of drug-likeness (QED) is 0.692. The number of aryl methyl sites for hydroxylation is 1. The molecule has 1 heterocycles. The van der Waals surface area contributed by atoms with Crippen molar-refractivity contribution in [3.05, 3.63) is 70.2 Å². The molecule has 1 aromatic heterocycles.